The van der Waals surface area contributed by atoms with Crippen molar-refractivity contribution in [3.8, 4) is 11.8 Å². The second-order valence-corrected chi connectivity index (χ2v) is 10.2. The van der Waals surface area contributed by atoms with Crippen LogP contribution in [0.1, 0.15) is 57.2 Å². The number of nitrogens with one attached hydrogen (secondary N) is 1. The minimum atomic E-state index is -1.22. The monoisotopic (exact) mass is 474 g/mol. The fourth-order valence-electron chi connectivity index (χ4n) is 5.25. The maximum absolute atomic E-state index is 13.8. The standard InChI is InChI=1S/C27H27FN4O3/c1-26(2,10-11-29)24-23(16-8-9-27(3,25(33)34)35-15-16)20-13-21-17(14-30-31-21)12-22(20)32(24)19-6-4-18(28)5-7-19/h4-7,12-14,16H,8-10,15H2,1-3H3,(H,30,31)(H,33,34)/t16?,27-/m0/s1. The van der Waals surface area contributed by atoms with Gasteiger partial charge in [-0.25, -0.2) is 9.18 Å². The first kappa shape index (κ1) is 23.1. The Bertz CT molecular complexity index is 1470. The summed E-state index contributed by atoms with van der Waals surface area (Å²) in [7, 11) is 0. The highest BCUT2D eigenvalue weighted by molar-refractivity contribution is 5.99. The number of halogens is 1. The smallest absolute Gasteiger partial charge is 0.335 e. The molecule has 8 heteroatoms. The van der Waals surface area contributed by atoms with E-state index in [4.69, 9.17) is 4.74 Å². The lowest BCUT2D eigenvalue weighted by Gasteiger charge is -2.36. The van der Waals surface area contributed by atoms with Gasteiger partial charge in [-0.15, -0.1) is 0 Å². The van der Waals surface area contributed by atoms with Crippen molar-refractivity contribution in [2.75, 3.05) is 6.61 Å². The summed E-state index contributed by atoms with van der Waals surface area (Å²) < 4.78 is 21.9. The van der Waals surface area contributed by atoms with E-state index in [2.05, 4.69) is 33.0 Å². The molecule has 1 unspecified atom stereocenters. The molecule has 2 aromatic heterocycles. The topological polar surface area (TPSA) is 104 Å². The molecule has 2 aromatic carbocycles. The number of H-pyrrole nitrogens is 1. The van der Waals surface area contributed by atoms with Crippen molar-refractivity contribution in [2.24, 2.45) is 0 Å². The molecule has 0 radical (unpaired) electrons. The number of carboxylic acids is 1. The van der Waals surface area contributed by atoms with Gasteiger partial charge in [0.25, 0.3) is 0 Å². The molecule has 2 atom stereocenters. The van der Waals surface area contributed by atoms with E-state index in [1.165, 1.54) is 12.1 Å². The van der Waals surface area contributed by atoms with Gasteiger partial charge in [0.15, 0.2) is 5.60 Å². The Morgan fingerprint density at radius 3 is 2.74 bits per heavy atom. The van der Waals surface area contributed by atoms with Crippen molar-refractivity contribution in [3.05, 3.63) is 59.7 Å². The average molecular weight is 475 g/mol. The molecule has 1 fully saturated rings. The molecule has 0 amide bonds. The van der Waals surface area contributed by atoms with Gasteiger partial charge in [-0.1, -0.05) is 13.8 Å². The van der Waals surface area contributed by atoms with Crippen LogP contribution in [0.2, 0.25) is 0 Å². The van der Waals surface area contributed by atoms with E-state index in [0.29, 0.717) is 12.8 Å². The summed E-state index contributed by atoms with van der Waals surface area (Å²) in [4.78, 5) is 11.8. The zero-order chi connectivity index (χ0) is 25.0. The number of hydrogen-bond donors (Lipinski definition) is 2. The van der Waals surface area contributed by atoms with Crippen LogP contribution in [0.15, 0.2) is 42.6 Å². The van der Waals surface area contributed by atoms with Crippen LogP contribution in [-0.4, -0.2) is 38.0 Å². The molecule has 0 aliphatic carbocycles. The van der Waals surface area contributed by atoms with Crippen molar-refractivity contribution >= 4 is 27.8 Å². The van der Waals surface area contributed by atoms with Crippen LogP contribution >= 0.6 is 0 Å². The van der Waals surface area contributed by atoms with Gasteiger partial charge in [0, 0.05) is 39.9 Å². The van der Waals surface area contributed by atoms with Crippen LogP contribution in [0.25, 0.3) is 27.5 Å². The first-order valence-electron chi connectivity index (χ1n) is 11.7. The van der Waals surface area contributed by atoms with Gasteiger partial charge in [0.1, 0.15) is 5.82 Å². The molecule has 1 aliphatic rings. The maximum Gasteiger partial charge on any atom is 0.335 e. The molecule has 0 spiro atoms. The lowest BCUT2D eigenvalue weighted by molar-refractivity contribution is -0.170. The van der Waals surface area contributed by atoms with Gasteiger partial charge in [-0.05, 0) is 61.7 Å². The van der Waals surface area contributed by atoms with Crippen LogP contribution in [0.5, 0.6) is 0 Å². The molecule has 1 aliphatic heterocycles. The van der Waals surface area contributed by atoms with Gasteiger partial charge in [-0.2, -0.15) is 10.4 Å². The van der Waals surface area contributed by atoms with Gasteiger partial charge in [0.2, 0.25) is 0 Å². The van der Waals surface area contributed by atoms with Crippen LogP contribution in [0, 0.1) is 17.1 Å². The number of aromatic amines is 1. The summed E-state index contributed by atoms with van der Waals surface area (Å²) in [6, 6.07) is 12.8. The molecular formula is C27H27FN4O3. The van der Waals surface area contributed by atoms with Crippen LogP contribution in [0.4, 0.5) is 4.39 Å². The zero-order valence-electron chi connectivity index (χ0n) is 19.9. The number of ether oxygens (including phenoxy) is 1. The van der Waals surface area contributed by atoms with Crippen molar-refractivity contribution < 1.29 is 19.0 Å². The fourth-order valence-corrected chi connectivity index (χ4v) is 5.25. The summed E-state index contributed by atoms with van der Waals surface area (Å²) in [5.74, 6) is -1.36. The van der Waals surface area contributed by atoms with E-state index in [9.17, 15) is 19.6 Å². The number of rotatable bonds is 5. The molecule has 7 nitrogen and oxygen atoms in total. The minimum absolute atomic E-state index is 0.0695. The molecule has 0 saturated carbocycles. The number of hydrogen-bond acceptors (Lipinski definition) is 4. The third-order valence-electron chi connectivity index (χ3n) is 7.25. The SMILES string of the molecule is CC(C)(CC#N)c1c(C2CC[C@@](C)(C(=O)O)OC2)c2cc3[nH]ncc3cc2n1-c1ccc(F)cc1. The van der Waals surface area contributed by atoms with E-state index >= 15 is 0 Å². The lowest BCUT2D eigenvalue weighted by atomic mass is 9.77. The van der Waals surface area contributed by atoms with E-state index in [1.807, 2.05) is 13.8 Å². The Balaban J connectivity index is 1.82. The van der Waals surface area contributed by atoms with Crippen LogP contribution in [-0.2, 0) is 14.9 Å². The first-order valence-corrected chi connectivity index (χ1v) is 11.7. The van der Waals surface area contributed by atoms with Gasteiger partial charge in [-0.3, -0.25) is 5.10 Å². The van der Waals surface area contributed by atoms with E-state index in [0.717, 1.165) is 38.8 Å². The molecule has 0 bridgehead atoms. The number of nitriles is 1. The van der Waals surface area contributed by atoms with Crippen molar-refractivity contribution in [2.45, 2.75) is 57.0 Å². The summed E-state index contributed by atoms with van der Waals surface area (Å²) in [6.07, 6.45) is 3.04. The van der Waals surface area contributed by atoms with E-state index in [1.54, 1.807) is 25.3 Å². The minimum Gasteiger partial charge on any atom is -0.479 e. The highest BCUT2D eigenvalue weighted by Crippen LogP contribution is 2.46. The van der Waals surface area contributed by atoms with Crippen molar-refractivity contribution in [3.63, 3.8) is 0 Å². The molecule has 2 N–H and O–H groups in total. The molecular weight excluding hydrogens is 447 g/mol. The molecule has 35 heavy (non-hydrogen) atoms. The number of aromatic nitrogens is 3. The van der Waals surface area contributed by atoms with Gasteiger partial charge in [0.05, 0.1) is 29.9 Å². The average Bonchev–Trinajstić information content (AvgIpc) is 3.41. The summed E-state index contributed by atoms with van der Waals surface area (Å²) in [5, 5.41) is 28.5. The Morgan fingerprint density at radius 1 is 1.37 bits per heavy atom. The normalized spacial score (nSPS) is 20.8. The van der Waals surface area contributed by atoms with E-state index < -0.39 is 17.0 Å². The molecule has 5 rings (SSSR count). The Kier molecular flexibility index (Phi) is 5.41. The number of benzene rings is 2. The highest BCUT2D eigenvalue weighted by Gasteiger charge is 2.42. The van der Waals surface area contributed by atoms with Crippen LogP contribution in [0.3, 0.4) is 0 Å². The second-order valence-electron chi connectivity index (χ2n) is 10.2. The number of carbonyl (C=O) groups is 1. The summed E-state index contributed by atoms with van der Waals surface area (Å²) in [6.45, 7) is 5.93. The van der Waals surface area contributed by atoms with E-state index in [-0.39, 0.29) is 24.8 Å². The van der Waals surface area contributed by atoms with Crippen molar-refractivity contribution in [1.29, 1.82) is 5.26 Å². The zero-order valence-corrected chi connectivity index (χ0v) is 19.9. The largest absolute Gasteiger partial charge is 0.479 e. The predicted molar refractivity (Wildman–Crippen MR) is 130 cm³/mol. The Morgan fingerprint density at radius 2 is 2.11 bits per heavy atom. The third-order valence-corrected chi connectivity index (χ3v) is 7.25. The summed E-state index contributed by atoms with van der Waals surface area (Å²) >= 11 is 0. The predicted octanol–water partition coefficient (Wildman–Crippen LogP) is 5.57. The number of carboxylic acid groups (broad SMARTS) is 1. The lowest BCUT2D eigenvalue weighted by Crippen LogP contribution is -2.43. The third kappa shape index (κ3) is 3.76. The quantitative estimate of drug-likeness (QED) is 0.393. The van der Waals surface area contributed by atoms with Crippen LogP contribution < -0.4 is 0 Å². The second kappa shape index (κ2) is 8.21. The van der Waals surface area contributed by atoms with Crippen molar-refractivity contribution in [1.82, 2.24) is 14.8 Å². The van der Waals surface area contributed by atoms with Gasteiger partial charge < -0.3 is 14.4 Å². The maximum atomic E-state index is 13.8. The Hall–Kier alpha value is -3.70. The number of aliphatic carboxylic acids is 1. The highest BCUT2D eigenvalue weighted by atomic mass is 19.1. The molecule has 4 aromatic rings. The first-order chi connectivity index (χ1) is 16.6. The Labute approximate surface area is 202 Å². The van der Waals surface area contributed by atoms with Gasteiger partial charge >= 0.3 is 5.97 Å². The number of fused-ring (bicyclic) bond motifs is 2. The molecule has 180 valence electrons. The summed E-state index contributed by atoms with van der Waals surface area (Å²) in [5.41, 5.74) is 2.82. The molecule has 3 heterocycles. The fraction of sp³-hybridized carbons (Fsp3) is 0.370. The molecule has 1 saturated heterocycles. The number of nitrogens with zero attached hydrogens (tertiary/aromatic N) is 3.